The van der Waals surface area contributed by atoms with Crippen molar-refractivity contribution in [2.45, 2.75) is 20.0 Å². The molecule has 1 N–H and O–H groups in total. The Morgan fingerprint density at radius 1 is 0.824 bits per heavy atom. The summed E-state index contributed by atoms with van der Waals surface area (Å²) in [5.41, 5.74) is 2.16. The van der Waals surface area contributed by atoms with E-state index in [4.69, 9.17) is 4.74 Å². The number of methoxy groups -OCH3 is 1. The number of carbonyl (C=O) groups is 2. The molecule has 1 aliphatic heterocycles. The molecule has 3 aromatic rings. The van der Waals surface area contributed by atoms with Gasteiger partial charge in [-0.15, -0.1) is 0 Å². The van der Waals surface area contributed by atoms with Crippen LogP contribution in [0.5, 0.6) is 5.75 Å². The van der Waals surface area contributed by atoms with Crippen LogP contribution < -0.4 is 15.0 Å². The molecular weight excluding hydrogens is 445 g/mol. The lowest BCUT2D eigenvalue weighted by atomic mass is 10.0. The number of alkyl halides is 3. The molecular formula is C26H21F3N2O3. The monoisotopic (exact) mass is 466 g/mol. The average Bonchev–Trinajstić information content (AvgIpc) is 3.03. The second-order valence-corrected chi connectivity index (χ2v) is 7.94. The van der Waals surface area contributed by atoms with E-state index in [1.807, 2.05) is 32.0 Å². The summed E-state index contributed by atoms with van der Waals surface area (Å²) in [5.74, 6) is -0.846. The Kier molecular flexibility index (Phi) is 5.91. The molecule has 0 aliphatic carbocycles. The van der Waals surface area contributed by atoms with Crippen LogP contribution in [0.4, 0.5) is 24.5 Å². The minimum absolute atomic E-state index is 0.0117. The summed E-state index contributed by atoms with van der Waals surface area (Å²) < 4.78 is 44.4. The van der Waals surface area contributed by atoms with Crippen LogP contribution in [-0.4, -0.2) is 18.9 Å². The molecule has 174 valence electrons. The molecule has 2 amide bonds. The maximum atomic E-state index is 13.5. The Balaban J connectivity index is 1.81. The number of rotatable bonds is 5. The fourth-order valence-electron chi connectivity index (χ4n) is 3.72. The van der Waals surface area contributed by atoms with Gasteiger partial charge >= 0.3 is 6.18 Å². The molecule has 0 aromatic heterocycles. The van der Waals surface area contributed by atoms with Crippen molar-refractivity contribution < 1.29 is 27.5 Å². The fraction of sp³-hybridized carbons (Fsp3) is 0.154. The van der Waals surface area contributed by atoms with Crippen molar-refractivity contribution in [3.8, 4) is 5.75 Å². The lowest BCUT2D eigenvalue weighted by molar-refractivity contribution is -0.137. The number of nitrogens with zero attached hydrogens (tertiary/aromatic N) is 1. The van der Waals surface area contributed by atoms with Crippen molar-refractivity contribution in [2.75, 3.05) is 17.3 Å². The first kappa shape index (κ1) is 23.1. The molecule has 0 spiro atoms. The Bertz CT molecular complexity index is 1290. The maximum absolute atomic E-state index is 13.5. The highest BCUT2D eigenvalue weighted by Gasteiger charge is 2.41. The molecule has 1 heterocycles. The number of nitrogens with one attached hydrogen (secondary N) is 1. The van der Waals surface area contributed by atoms with Crippen molar-refractivity contribution in [2.24, 2.45) is 0 Å². The zero-order valence-corrected chi connectivity index (χ0v) is 18.7. The third-order valence-electron chi connectivity index (χ3n) is 5.49. The Morgan fingerprint density at radius 3 is 2.03 bits per heavy atom. The fourth-order valence-corrected chi connectivity index (χ4v) is 3.72. The second kappa shape index (κ2) is 8.70. The molecule has 5 nitrogen and oxygen atoms in total. The highest BCUT2D eigenvalue weighted by atomic mass is 19.4. The van der Waals surface area contributed by atoms with Crippen molar-refractivity contribution >= 4 is 28.8 Å². The van der Waals surface area contributed by atoms with Gasteiger partial charge in [-0.25, -0.2) is 4.90 Å². The minimum atomic E-state index is -4.53. The van der Waals surface area contributed by atoms with Gasteiger partial charge in [-0.1, -0.05) is 35.9 Å². The van der Waals surface area contributed by atoms with Gasteiger partial charge in [-0.2, -0.15) is 13.2 Å². The van der Waals surface area contributed by atoms with E-state index in [1.165, 1.54) is 7.11 Å². The molecule has 0 saturated carbocycles. The van der Waals surface area contributed by atoms with Crippen LogP contribution in [0.25, 0.3) is 5.57 Å². The number of hydrogen-bond donors (Lipinski definition) is 1. The normalized spacial score (nSPS) is 14.1. The van der Waals surface area contributed by atoms with E-state index < -0.39 is 23.6 Å². The predicted molar refractivity (Wildman–Crippen MR) is 123 cm³/mol. The number of benzene rings is 3. The van der Waals surface area contributed by atoms with Crippen molar-refractivity contribution in [3.05, 3.63) is 94.7 Å². The van der Waals surface area contributed by atoms with Crippen LogP contribution >= 0.6 is 0 Å². The molecule has 0 saturated heterocycles. The zero-order chi connectivity index (χ0) is 24.6. The SMILES string of the molecule is COc1ccc(C)cc1NC1=C(c2ccc(C)cc2)C(=O)N(c2ccc(C(F)(F)F)cc2)C1=O. The van der Waals surface area contributed by atoms with Crippen molar-refractivity contribution in [3.63, 3.8) is 0 Å². The number of carbonyl (C=O) groups excluding carboxylic acids is 2. The highest BCUT2D eigenvalue weighted by Crippen LogP contribution is 2.37. The molecule has 4 rings (SSSR count). The number of amides is 2. The second-order valence-electron chi connectivity index (χ2n) is 7.94. The summed E-state index contributed by atoms with van der Waals surface area (Å²) in [6.45, 7) is 3.76. The number of aryl methyl sites for hydroxylation is 2. The first-order valence-corrected chi connectivity index (χ1v) is 10.4. The van der Waals surface area contributed by atoms with Crippen LogP contribution in [0.15, 0.2) is 72.4 Å². The molecule has 34 heavy (non-hydrogen) atoms. The van der Waals surface area contributed by atoms with Crippen LogP contribution in [0.3, 0.4) is 0 Å². The van der Waals surface area contributed by atoms with Gasteiger partial charge in [0.05, 0.1) is 29.6 Å². The lowest BCUT2D eigenvalue weighted by Crippen LogP contribution is -2.32. The van der Waals surface area contributed by atoms with Gasteiger partial charge in [0, 0.05) is 0 Å². The summed E-state index contributed by atoms with van der Waals surface area (Å²) in [6, 6.07) is 16.3. The summed E-state index contributed by atoms with van der Waals surface area (Å²) in [5, 5.41) is 3.04. The predicted octanol–water partition coefficient (Wildman–Crippen LogP) is 5.73. The maximum Gasteiger partial charge on any atom is 0.416 e. The quantitative estimate of drug-likeness (QED) is 0.488. The van der Waals surface area contributed by atoms with Crippen LogP contribution in [0, 0.1) is 13.8 Å². The Hall–Kier alpha value is -4.07. The first-order chi connectivity index (χ1) is 16.1. The van der Waals surface area contributed by atoms with Gasteiger partial charge in [0.25, 0.3) is 11.8 Å². The van der Waals surface area contributed by atoms with E-state index in [-0.39, 0.29) is 17.0 Å². The zero-order valence-electron chi connectivity index (χ0n) is 18.7. The molecule has 0 fully saturated rings. The molecule has 1 aliphatic rings. The summed E-state index contributed by atoms with van der Waals surface area (Å²) >= 11 is 0. The van der Waals surface area contributed by atoms with Gasteiger partial charge in [0.1, 0.15) is 11.4 Å². The topological polar surface area (TPSA) is 58.6 Å². The number of anilines is 2. The van der Waals surface area contributed by atoms with Gasteiger partial charge in [0.2, 0.25) is 0 Å². The van der Waals surface area contributed by atoms with Gasteiger partial charge in [0.15, 0.2) is 0 Å². The van der Waals surface area contributed by atoms with E-state index in [2.05, 4.69) is 5.32 Å². The number of ether oxygens (including phenoxy) is 1. The molecule has 0 atom stereocenters. The van der Waals surface area contributed by atoms with E-state index in [9.17, 15) is 22.8 Å². The van der Waals surface area contributed by atoms with Crippen LogP contribution in [0.1, 0.15) is 22.3 Å². The Morgan fingerprint density at radius 2 is 1.44 bits per heavy atom. The number of halogens is 3. The first-order valence-electron chi connectivity index (χ1n) is 10.4. The third-order valence-corrected chi connectivity index (χ3v) is 5.49. The van der Waals surface area contributed by atoms with E-state index in [1.54, 1.807) is 24.3 Å². The smallest absolute Gasteiger partial charge is 0.416 e. The third kappa shape index (κ3) is 4.26. The molecule has 0 bridgehead atoms. The van der Waals surface area contributed by atoms with Gasteiger partial charge < -0.3 is 10.1 Å². The molecule has 8 heteroatoms. The van der Waals surface area contributed by atoms with Crippen molar-refractivity contribution in [1.29, 1.82) is 0 Å². The van der Waals surface area contributed by atoms with Crippen molar-refractivity contribution in [1.82, 2.24) is 0 Å². The van der Waals surface area contributed by atoms with E-state index in [0.717, 1.165) is 40.3 Å². The molecule has 0 unspecified atom stereocenters. The van der Waals surface area contributed by atoms with E-state index >= 15 is 0 Å². The largest absolute Gasteiger partial charge is 0.495 e. The van der Waals surface area contributed by atoms with Crippen LogP contribution in [-0.2, 0) is 15.8 Å². The Labute approximate surface area is 194 Å². The highest BCUT2D eigenvalue weighted by molar-refractivity contribution is 6.46. The molecule has 0 radical (unpaired) electrons. The number of imide groups is 1. The lowest BCUT2D eigenvalue weighted by Gasteiger charge is -2.17. The summed E-state index contributed by atoms with van der Waals surface area (Å²) in [4.78, 5) is 27.8. The minimum Gasteiger partial charge on any atom is -0.495 e. The average molecular weight is 466 g/mol. The van der Waals surface area contributed by atoms with E-state index in [0.29, 0.717) is 17.0 Å². The summed E-state index contributed by atoms with van der Waals surface area (Å²) in [7, 11) is 1.49. The van der Waals surface area contributed by atoms with Gasteiger partial charge in [-0.05, 0) is 61.4 Å². The standard InChI is InChI=1S/C26H21F3N2O3/c1-15-4-7-17(8-5-15)22-23(30-20-14-16(2)6-13-21(20)34-3)25(33)31(24(22)32)19-11-9-18(10-12-19)26(27,28)29/h4-14,30H,1-3H3. The van der Waals surface area contributed by atoms with Gasteiger partial charge in [-0.3, -0.25) is 9.59 Å². The number of hydrogen-bond acceptors (Lipinski definition) is 4. The van der Waals surface area contributed by atoms with Crippen LogP contribution in [0.2, 0.25) is 0 Å². The molecule has 3 aromatic carbocycles. The summed E-state index contributed by atoms with van der Waals surface area (Å²) in [6.07, 6.45) is -4.53.